The highest BCUT2D eigenvalue weighted by Gasteiger charge is 1.97. The SMILES string of the molecule is CCCCC\C=C/C=C/C=C/C=C/CCCC[14C](=O)OC. The predicted octanol–water partition coefficient (Wildman–Crippen LogP) is 5.52. The van der Waals surface area contributed by atoms with Gasteiger partial charge in [-0.2, -0.15) is 0 Å². The maximum atomic E-state index is 10.9. The zero-order chi connectivity index (χ0) is 15.6. The molecule has 0 aliphatic rings. The summed E-state index contributed by atoms with van der Waals surface area (Å²) >= 11 is 0. The average molecular weight is 292 g/mol. The Balaban J connectivity index is 3.49. The summed E-state index contributed by atoms with van der Waals surface area (Å²) in [7, 11) is 1.43. The monoisotopic (exact) mass is 292 g/mol. The Kier molecular flexibility index (Phi) is 15.3. The Bertz CT molecular complexity index is 349. The largest absolute Gasteiger partial charge is 0.469 e. The van der Waals surface area contributed by atoms with Gasteiger partial charge >= 0.3 is 5.97 Å². The highest BCUT2D eigenvalue weighted by Crippen LogP contribution is 2.02. The quantitative estimate of drug-likeness (QED) is 0.269. The third-order valence-corrected chi connectivity index (χ3v) is 3.03. The fraction of sp³-hybridized carbons (Fsp3) is 0.526. The number of rotatable bonds is 12. The summed E-state index contributed by atoms with van der Waals surface area (Å²) in [6.07, 6.45) is 25.2. The normalized spacial score (nSPS) is 12.3. The van der Waals surface area contributed by atoms with E-state index < -0.39 is 0 Å². The molecular weight excluding hydrogens is 262 g/mol. The maximum Gasteiger partial charge on any atom is 0.305 e. The van der Waals surface area contributed by atoms with Gasteiger partial charge in [-0.15, -0.1) is 0 Å². The van der Waals surface area contributed by atoms with E-state index in [0.717, 1.165) is 19.3 Å². The van der Waals surface area contributed by atoms with Crippen molar-refractivity contribution in [2.45, 2.75) is 58.3 Å². The van der Waals surface area contributed by atoms with Gasteiger partial charge in [0.05, 0.1) is 7.11 Å². The number of carbonyl (C=O) groups is 1. The van der Waals surface area contributed by atoms with Crippen LogP contribution in [-0.2, 0) is 9.53 Å². The van der Waals surface area contributed by atoms with E-state index in [9.17, 15) is 4.79 Å². The van der Waals surface area contributed by atoms with Crippen LogP contribution in [0.5, 0.6) is 0 Å². The Morgan fingerprint density at radius 2 is 1.33 bits per heavy atom. The number of carbonyl (C=O) groups excluding carboxylic acids is 1. The molecule has 0 saturated carbocycles. The second-order valence-electron chi connectivity index (χ2n) is 4.94. The molecule has 0 unspecified atom stereocenters. The lowest BCUT2D eigenvalue weighted by molar-refractivity contribution is -0.140. The second-order valence-corrected chi connectivity index (χ2v) is 4.94. The summed E-state index contributed by atoms with van der Waals surface area (Å²) in [5, 5.41) is 0. The fourth-order valence-electron chi connectivity index (χ4n) is 1.75. The maximum absolute atomic E-state index is 10.9. The van der Waals surface area contributed by atoms with E-state index >= 15 is 0 Å². The molecule has 118 valence electrons. The molecule has 0 aromatic heterocycles. The first-order valence-corrected chi connectivity index (χ1v) is 8.03. The van der Waals surface area contributed by atoms with Gasteiger partial charge in [-0.25, -0.2) is 0 Å². The molecule has 0 bridgehead atoms. The molecule has 0 aliphatic heterocycles. The molecule has 0 fully saturated rings. The highest BCUT2D eigenvalue weighted by atomic mass is 16.7. The third kappa shape index (κ3) is 16.4. The van der Waals surface area contributed by atoms with Gasteiger partial charge in [-0.1, -0.05) is 68.4 Å². The van der Waals surface area contributed by atoms with E-state index in [1.807, 2.05) is 24.3 Å². The summed E-state index contributed by atoms with van der Waals surface area (Å²) in [6, 6.07) is 0. The molecule has 0 heterocycles. The third-order valence-electron chi connectivity index (χ3n) is 3.03. The molecule has 0 aromatic carbocycles. The number of hydrogen-bond donors (Lipinski definition) is 0. The van der Waals surface area contributed by atoms with Crippen LogP contribution in [0.15, 0.2) is 48.6 Å². The van der Waals surface area contributed by atoms with Crippen molar-refractivity contribution in [1.82, 2.24) is 0 Å². The first-order chi connectivity index (χ1) is 10.3. The van der Waals surface area contributed by atoms with E-state index in [-0.39, 0.29) is 5.97 Å². The number of esters is 1. The Morgan fingerprint density at radius 1 is 0.810 bits per heavy atom. The second kappa shape index (κ2) is 16.5. The number of allylic oxidation sites excluding steroid dienone is 8. The van der Waals surface area contributed by atoms with Gasteiger partial charge in [0.1, 0.15) is 0 Å². The lowest BCUT2D eigenvalue weighted by Crippen LogP contribution is -1.98. The van der Waals surface area contributed by atoms with Gasteiger partial charge in [0.25, 0.3) is 0 Å². The zero-order valence-electron chi connectivity index (χ0n) is 13.6. The summed E-state index contributed by atoms with van der Waals surface area (Å²) in [5.74, 6) is -0.119. The lowest BCUT2D eigenvalue weighted by atomic mass is 10.2. The standard InChI is InChI=1S/C19H30O2/c1-3-4-5-6-7-8-9-10-11-12-13-14-15-16-17-18-19(20)21-2/h7-14H,3-6,15-18H2,1-2H3/b8-7-,10-9+,12-11+,14-13+/i19+2. The molecule has 0 aromatic rings. The Labute approximate surface area is 130 Å². The van der Waals surface area contributed by atoms with Crippen molar-refractivity contribution in [3.8, 4) is 0 Å². The van der Waals surface area contributed by atoms with Crippen molar-refractivity contribution >= 4 is 5.97 Å². The van der Waals surface area contributed by atoms with Crippen LogP contribution in [0, 0.1) is 0 Å². The van der Waals surface area contributed by atoms with Crippen molar-refractivity contribution in [2.24, 2.45) is 0 Å². The van der Waals surface area contributed by atoms with Gasteiger partial charge in [0.15, 0.2) is 0 Å². The van der Waals surface area contributed by atoms with Crippen LogP contribution >= 0.6 is 0 Å². The molecule has 0 aliphatic carbocycles. The van der Waals surface area contributed by atoms with Crippen LogP contribution in [0.2, 0.25) is 0 Å². The molecular formula is C19H30O2. The zero-order valence-corrected chi connectivity index (χ0v) is 13.6. The van der Waals surface area contributed by atoms with Crippen LogP contribution in [0.4, 0.5) is 0 Å². The minimum Gasteiger partial charge on any atom is -0.469 e. The van der Waals surface area contributed by atoms with E-state index in [1.54, 1.807) is 0 Å². The van der Waals surface area contributed by atoms with Gasteiger partial charge in [-0.05, 0) is 32.1 Å². The summed E-state index contributed by atoms with van der Waals surface area (Å²) in [6.45, 7) is 2.22. The van der Waals surface area contributed by atoms with E-state index in [4.69, 9.17) is 0 Å². The highest BCUT2D eigenvalue weighted by molar-refractivity contribution is 5.68. The summed E-state index contributed by atoms with van der Waals surface area (Å²) in [5.41, 5.74) is 0. The molecule has 0 atom stereocenters. The molecule has 2 nitrogen and oxygen atoms in total. The first-order valence-electron chi connectivity index (χ1n) is 8.03. The molecule has 2 heteroatoms. The number of ether oxygens (including phenoxy) is 1. The molecule has 0 spiro atoms. The van der Waals surface area contributed by atoms with Crippen LogP contribution < -0.4 is 0 Å². The molecule has 0 saturated heterocycles. The van der Waals surface area contributed by atoms with Crippen LogP contribution in [0.25, 0.3) is 0 Å². The molecule has 0 amide bonds. The summed E-state index contributed by atoms with van der Waals surface area (Å²) < 4.78 is 4.59. The van der Waals surface area contributed by atoms with Crippen molar-refractivity contribution in [1.29, 1.82) is 0 Å². The molecule has 0 N–H and O–H groups in total. The number of unbranched alkanes of at least 4 members (excludes halogenated alkanes) is 5. The van der Waals surface area contributed by atoms with Crippen molar-refractivity contribution < 1.29 is 9.53 Å². The van der Waals surface area contributed by atoms with Gasteiger partial charge in [0.2, 0.25) is 0 Å². The summed E-state index contributed by atoms with van der Waals surface area (Å²) in [4.78, 5) is 10.9. The molecule has 0 rings (SSSR count). The van der Waals surface area contributed by atoms with Crippen molar-refractivity contribution in [3.05, 3.63) is 48.6 Å². The molecule has 21 heavy (non-hydrogen) atoms. The lowest BCUT2D eigenvalue weighted by Gasteiger charge is -1.96. The Morgan fingerprint density at radius 3 is 1.86 bits per heavy atom. The van der Waals surface area contributed by atoms with E-state index in [2.05, 4.69) is 36.0 Å². The molecule has 0 radical (unpaired) electrons. The fourth-order valence-corrected chi connectivity index (χ4v) is 1.75. The van der Waals surface area contributed by atoms with Crippen LogP contribution in [0.3, 0.4) is 0 Å². The van der Waals surface area contributed by atoms with Crippen LogP contribution in [-0.4, -0.2) is 13.1 Å². The van der Waals surface area contributed by atoms with Gasteiger partial charge < -0.3 is 4.74 Å². The van der Waals surface area contributed by atoms with E-state index in [1.165, 1.54) is 32.8 Å². The van der Waals surface area contributed by atoms with E-state index in [0.29, 0.717) is 6.42 Å². The minimum atomic E-state index is -0.119. The first kappa shape index (κ1) is 19.4. The van der Waals surface area contributed by atoms with Crippen molar-refractivity contribution in [2.75, 3.05) is 7.11 Å². The topological polar surface area (TPSA) is 26.3 Å². The van der Waals surface area contributed by atoms with Gasteiger partial charge in [-0.3, -0.25) is 4.79 Å². The van der Waals surface area contributed by atoms with Crippen molar-refractivity contribution in [3.63, 3.8) is 0 Å². The minimum absolute atomic E-state index is 0.119. The number of methoxy groups -OCH3 is 1. The average Bonchev–Trinajstić information content (AvgIpc) is 2.50. The van der Waals surface area contributed by atoms with Crippen LogP contribution in [0.1, 0.15) is 58.3 Å². The Hall–Kier alpha value is -1.57. The number of hydrogen-bond acceptors (Lipinski definition) is 2. The smallest absolute Gasteiger partial charge is 0.305 e. The van der Waals surface area contributed by atoms with Gasteiger partial charge in [0, 0.05) is 6.42 Å². The predicted molar refractivity (Wildman–Crippen MR) is 91.2 cm³/mol.